The summed E-state index contributed by atoms with van der Waals surface area (Å²) in [4.78, 5) is 14.8. The number of carbonyl (C=O) groups excluding carboxylic acids is 1. The Morgan fingerprint density at radius 2 is 2.17 bits per heavy atom. The number of rotatable bonds is 8. The van der Waals surface area contributed by atoms with Gasteiger partial charge in [-0.1, -0.05) is 34.9 Å². The van der Waals surface area contributed by atoms with Gasteiger partial charge in [0.1, 0.15) is 5.69 Å². The molecule has 1 N–H and O–H groups in total. The predicted molar refractivity (Wildman–Crippen MR) is 87.5 cm³/mol. The number of nitrogens with one attached hydrogen (secondary N) is 1. The molecule has 1 amide bonds. The first-order chi connectivity index (χ1) is 11.2. The van der Waals surface area contributed by atoms with Crippen molar-refractivity contribution in [3.05, 3.63) is 40.9 Å². The second kappa shape index (κ2) is 8.55. The average Bonchev–Trinajstić information content (AvgIpc) is 2.97. The minimum absolute atomic E-state index is 0.0369. The molecule has 0 unspecified atom stereocenters. The lowest BCUT2D eigenvalue weighted by molar-refractivity contribution is -0.116. The lowest BCUT2D eigenvalue weighted by atomic mass is 10.1. The number of carbonyl (C=O) groups is 1. The summed E-state index contributed by atoms with van der Waals surface area (Å²) in [6.07, 6.45) is 4.66. The van der Waals surface area contributed by atoms with Crippen LogP contribution >= 0.6 is 0 Å². The topological polar surface area (TPSA) is 109 Å². The van der Waals surface area contributed by atoms with Crippen LogP contribution in [0, 0.1) is 0 Å². The molecule has 0 radical (unpaired) electrons. The van der Waals surface area contributed by atoms with Crippen LogP contribution in [-0.2, 0) is 11.8 Å². The van der Waals surface area contributed by atoms with Gasteiger partial charge in [-0.3, -0.25) is 9.48 Å². The summed E-state index contributed by atoms with van der Waals surface area (Å²) in [5.41, 5.74) is 10.5. The molecule has 8 heteroatoms. The van der Waals surface area contributed by atoms with E-state index in [-0.39, 0.29) is 5.91 Å². The summed E-state index contributed by atoms with van der Waals surface area (Å²) < 4.78 is 1.62. The number of hydrogen-bond acceptors (Lipinski definition) is 4. The molecule has 0 aliphatic carbocycles. The Morgan fingerprint density at radius 3 is 2.91 bits per heavy atom. The second-order valence-corrected chi connectivity index (χ2v) is 5.14. The smallest absolute Gasteiger partial charge is 0.224 e. The number of aryl methyl sites for hydroxylation is 1. The van der Waals surface area contributed by atoms with E-state index < -0.39 is 0 Å². The molecule has 1 heterocycles. The van der Waals surface area contributed by atoms with Gasteiger partial charge < -0.3 is 5.32 Å². The highest BCUT2D eigenvalue weighted by Gasteiger charge is 2.10. The molecule has 0 saturated carbocycles. The number of para-hydroxylation sites is 1. The second-order valence-electron chi connectivity index (χ2n) is 5.14. The highest BCUT2D eigenvalue weighted by molar-refractivity contribution is 5.94. The molecule has 0 spiro atoms. The maximum atomic E-state index is 12.1. The summed E-state index contributed by atoms with van der Waals surface area (Å²) in [6, 6.07) is 7.52. The van der Waals surface area contributed by atoms with Crippen molar-refractivity contribution in [2.24, 2.45) is 12.2 Å². The van der Waals surface area contributed by atoms with Crippen molar-refractivity contribution >= 4 is 11.6 Å². The molecule has 2 rings (SSSR count). The van der Waals surface area contributed by atoms with Crippen molar-refractivity contribution in [3.8, 4) is 11.3 Å². The molecule has 120 valence electrons. The van der Waals surface area contributed by atoms with E-state index in [4.69, 9.17) is 5.53 Å². The average molecular weight is 313 g/mol. The van der Waals surface area contributed by atoms with Crippen LogP contribution in [0.1, 0.15) is 25.7 Å². The SMILES string of the molecule is Cn1cc(-c2ccccc2NC(=O)CCCCCN=[N+]=[N-])nn1. The number of nitrogens with zero attached hydrogens (tertiary/aromatic N) is 6. The van der Waals surface area contributed by atoms with Gasteiger partial charge in [-0.25, -0.2) is 0 Å². The van der Waals surface area contributed by atoms with Gasteiger partial charge in [0.05, 0.1) is 11.9 Å². The van der Waals surface area contributed by atoms with Crippen LogP contribution in [-0.4, -0.2) is 27.4 Å². The highest BCUT2D eigenvalue weighted by atomic mass is 16.1. The van der Waals surface area contributed by atoms with Crippen LogP contribution in [0.15, 0.2) is 35.6 Å². The van der Waals surface area contributed by atoms with Crippen molar-refractivity contribution in [3.63, 3.8) is 0 Å². The monoisotopic (exact) mass is 313 g/mol. The molecule has 0 bridgehead atoms. The van der Waals surface area contributed by atoms with E-state index in [0.717, 1.165) is 36.2 Å². The Labute approximate surface area is 134 Å². The number of azide groups is 1. The zero-order valence-electron chi connectivity index (χ0n) is 13.0. The van der Waals surface area contributed by atoms with Gasteiger partial charge in [0.25, 0.3) is 0 Å². The number of hydrogen-bond donors (Lipinski definition) is 1. The van der Waals surface area contributed by atoms with Crippen LogP contribution < -0.4 is 5.32 Å². The molecule has 0 aliphatic rings. The molecule has 1 aromatic heterocycles. The Morgan fingerprint density at radius 1 is 1.35 bits per heavy atom. The fourth-order valence-corrected chi connectivity index (χ4v) is 2.19. The molecule has 23 heavy (non-hydrogen) atoms. The number of anilines is 1. The molecule has 2 aromatic rings. The number of benzene rings is 1. The highest BCUT2D eigenvalue weighted by Crippen LogP contribution is 2.25. The van der Waals surface area contributed by atoms with Crippen molar-refractivity contribution in [2.45, 2.75) is 25.7 Å². The fourth-order valence-electron chi connectivity index (χ4n) is 2.19. The summed E-state index contributed by atoms with van der Waals surface area (Å²) in [7, 11) is 1.80. The van der Waals surface area contributed by atoms with Crippen molar-refractivity contribution in [2.75, 3.05) is 11.9 Å². The van der Waals surface area contributed by atoms with E-state index in [9.17, 15) is 4.79 Å². The number of aromatic nitrogens is 3. The Bertz CT molecular complexity index is 703. The zero-order chi connectivity index (χ0) is 16.5. The number of amides is 1. The minimum Gasteiger partial charge on any atom is -0.325 e. The lowest BCUT2D eigenvalue weighted by Gasteiger charge is -2.09. The van der Waals surface area contributed by atoms with E-state index in [1.807, 2.05) is 24.3 Å². The van der Waals surface area contributed by atoms with Crippen LogP contribution in [0.2, 0.25) is 0 Å². The Hall–Kier alpha value is -2.86. The van der Waals surface area contributed by atoms with Crippen LogP contribution in [0.4, 0.5) is 5.69 Å². The molecule has 0 aliphatic heterocycles. The maximum absolute atomic E-state index is 12.1. The molecular formula is C15H19N7O. The zero-order valence-corrected chi connectivity index (χ0v) is 13.0. The van der Waals surface area contributed by atoms with Crippen LogP contribution in [0.25, 0.3) is 21.7 Å². The van der Waals surface area contributed by atoms with Crippen molar-refractivity contribution in [1.29, 1.82) is 0 Å². The fraction of sp³-hybridized carbons (Fsp3) is 0.400. The van der Waals surface area contributed by atoms with Crippen LogP contribution in [0.3, 0.4) is 0 Å². The molecule has 1 aromatic carbocycles. The maximum Gasteiger partial charge on any atom is 0.224 e. The first-order valence-electron chi connectivity index (χ1n) is 7.47. The van der Waals surface area contributed by atoms with E-state index in [1.165, 1.54) is 0 Å². The van der Waals surface area contributed by atoms with Gasteiger partial charge in [0.2, 0.25) is 5.91 Å². The quantitative estimate of drug-likeness (QED) is 0.349. The van der Waals surface area contributed by atoms with Crippen molar-refractivity contribution < 1.29 is 4.79 Å². The number of unbranched alkanes of at least 4 members (excludes halogenated alkanes) is 2. The van der Waals surface area contributed by atoms with Gasteiger partial charge in [-0.05, 0) is 24.4 Å². The standard InChI is InChI=1S/C15H19N7O/c1-22-11-14(19-21-22)12-7-4-5-8-13(12)18-15(23)9-3-2-6-10-17-20-16/h4-5,7-8,11H,2-3,6,9-10H2,1H3,(H,18,23). The lowest BCUT2D eigenvalue weighted by Crippen LogP contribution is -2.12. The van der Waals surface area contributed by atoms with Gasteiger partial charge in [0.15, 0.2) is 0 Å². The summed E-state index contributed by atoms with van der Waals surface area (Å²) in [6.45, 7) is 0.480. The van der Waals surface area contributed by atoms with Gasteiger partial charge in [0, 0.05) is 30.5 Å². The molecule has 0 fully saturated rings. The Kier molecular flexibility index (Phi) is 6.14. The first kappa shape index (κ1) is 16.5. The molecule has 8 nitrogen and oxygen atoms in total. The normalized spacial score (nSPS) is 10.1. The Balaban J connectivity index is 1.90. The van der Waals surface area contributed by atoms with Gasteiger partial charge in [-0.2, -0.15) is 0 Å². The minimum atomic E-state index is -0.0369. The van der Waals surface area contributed by atoms with Crippen LogP contribution in [0.5, 0.6) is 0 Å². The third-order valence-electron chi connectivity index (χ3n) is 3.30. The van der Waals surface area contributed by atoms with E-state index in [1.54, 1.807) is 17.9 Å². The van der Waals surface area contributed by atoms with E-state index in [0.29, 0.717) is 13.0 Å². The molecule has 0 atom stereocenters. The summed E-state index contributed by atoms with van der Waals surface area (Å²) in [5, 5.41) is 14.4. The largest absolute Gasteiger partial charge is 0.325 e. The van der Waals surface area contributed by atoms with E-state index in [2.05, 4.69) is 25.7 Å². The van der Waals surface area contributed by atoms with Gasteiger partial charge >= 0.3 is 0 Å². The molecular weight excluding hydrogens is 294 g/mol. The van der Waals surface area contributed by atoms with E-state index >= 15 is 0 Å². The van der Waals surface area contributed by atoms with Gasteiger partial charge in [-0.15, -0.1) is 5.10 Å². The molecule has 0 saturated heterocycles. The third kappa shape index (κ3) is 5.12. The summed E-state index contributed by atoms with van der Waals surface area (Å²) in [5.74, 6) is -0.0369. The first-order valence-corrected chi connectivity index (χ1v) is 7.47. The van der Waals surface area contributed by atoms with Crippen molar-refractivity contribution in [1.82, 2.24) is 15.0 Å². The summed E-state index contributed by atoms with van der Waals surface area (Å²) >= 11 is 0. The third-order valence-corrected chi connectivity index (χ3v) is 3.30. The predicted octanol–water partition coefficient (Wildman–Crippen LogP) is 3.29.